The molecule has 3 aromatic rings. The number of Topliss-reactive ketones (excluding diaryl/α,β-unsaturated/α-hetero) is 1. The van der Waals surface area contributed by atoms with Crippen LogP contribution in [-0.2, 0) is 14.3 Å². The number of hydrogen-bond acceptors (Lipinski definition) is 9. The molecule has 1 fully saturated rings. The average Bonchev–Trinajstić information content (AvgIpc) is 3.35. The molecule has 1 aromatic carbocycles. The van der Waals surface area contributed by atoms with Crippen LogP contribution in [0.2, 0.25) is 0 Å². The highest BCUT2D eigenvalue weighted by Gasteiger charge is 2.48. The lowest BCUT2D eigenvalue weighted by Crippen LogP contribution is -2.29. The molecular formula is C24H21N3O6S. The van der Waals surface area contributed by atoms with Gasteiger partial charge in [0.2, 0.25) is 0 Å². The number of aromatic nitrogens is 2. The van der Waals surface area contributed by atoms with Gasteiger partial charge in [-0.2, -0.15) is 0 Å². The molecule has 0 radical (unpaired) electrons. The summed E-state index contributed by atoms with van der Waals surface area (Å²) in [5.74, 6) is -2.06. The molecule has 0 saturated carbocycles. The van der Waals surface area contributed by atoms with Crippen LogP contribution in [0, 0.1) is 13.8 Å². The van der Waals surface area contributed by atoms with Crippen molar-refractivity contribution in [3.63, 3.8) is 0 Å². The number of methoxy groups -OCH3 is 2. The van der Waals surface area contributed by atoms with E-state index in [1.165, 1.54) is 25.3 Å². The molecule has 0 bridgehead atoms. The lowest BCUT2D eigenvalue weighted by molar-refractivity contribution is -0.132. The molecule has 0 spiro atoms. The molecule has 9 nitrogen and oxygen atoms in total. The zero-order valence-corrected chi connectivity index (χ0v) is 19.7. The second-order valence-corrected chi connectivity index (χ2v) is 8.52. The Morgan fingerprint density at radius 2 is 1.94 bits per heavy atom. The SMILES string of the molecule is COC(=O)c1sc(N2C(=O)C(=O)C(=C(O)c3ccc(OC)cc3C)[C@H]2c2cccnc2)nc1C. The molecule has 1 amide bonds. The lowest BCUT2D eigenvalue weighted by atomic mass is 9.95. The smallest absolute Gasteiger partial charge is 0.350 e. The van der Waals surface area contributed by atoms with Crippen LogP contribution < -0.4 is 9.64 Å². The van der Waals surface area contributed by atoms with E-state index >= 15 is 0 Å². The fourth-order valence-electron chi connectivity index (χ4n) is 3.82. The van der Waals surface area contributed by atoms with Gasteiger partial charge in [-0.15, -0.1) is 0 Å². The topological polar surface area (TPSA) is 119 Å². The van der Waals surface area contributed by atoms with E-state index in [1.807, 2.05) is 0 Å². The molecule has 2 aromatic heterocycles. The maximum atomic E-state index is 13.2. The number of nitrogens with zero attached hydrogens (tertiary/aromatic N) is 3. The minimum absolute atomic E-state index is 0.0984. The minimum Gasteiger partial charge on any atom is -0.507 e. The summed E-state index contributed by atoms with van der Waals surface area (Å²) in [6.07, 6.45) is 3.07. The van der Waals surface area contributed by atoms with E-state index in [-0.39, 0.29) is 21.3 Å². The largest absolute Gasteiger partial charge is 0.507 e. The van der Waals surface area contributed by atoms with Gasteiger partial charge in [-0.05, 0) is 49.2 Å². The molecule has 1 N–H and O–H groups in total. The van der Waals surface area contributed by atoms with Gasteiger partial charge in [0.05, 0.1) is 31.5 Å². The number of aliphatic hydroxyl groups excluding tert-OH is 1. The van der Waals surface area contributed by atoms with E-state index in [1.54, 1.807) is 50.4 Å². The van der Waals surface area contributed by atoms with E-state index in [0.29, 0.717) is 28.1 Å². The number of anilines is 1. The second-order valence-electron chi connectivity index (χ2n) is 7.54. The van der Waals surface area contributed by atoms with Crippen molar-refractivity contribution in [3.05, 3.63) is 75.6 Å². The number of thiazole rings is 1. The first kappa shape index (κ1) is 23.1. The van der Waals surface area contributed by atoms with Crippen molar-refractivity contribution >= 4 is 39.9 Å². The molecule has 0 unspecified atom stereocenters. The molecule has 1 aliphatic rings. The summed E-state index contributed by atoms with van der Waals surface area (Å²) in [6.45, 7) is 3.38. The summed E-state index contributed by atoms with van der Waals surface area (Å²) in [4.78, 5) is 48.5. The molecule has 3 heterocycles. The number of ketones is 1. The highest BCUT2D eigenvalue weighted by atomic mass is 32.1. The fraction of sp³-hybridized carbons (Fsp3) is 0.208. The maximum absolute atomic E-state index is 13.2. The molecule has 174 valence electrons. The van der Waals surface area contributed by atoms with Crippen molar-refractivity contribution in [1.82, 2.24) is 9.97 Å². The third-order valence-corrected chi connectivity index (χ3v) is 6.63. The third-order valence-electron chi connectivity index (χ3n) is 5.50. The summed E-state index contributed by atoms with van der Waals surface area (Å²) in [5.41, 5.74) is 1.81. The van der Waals surface area contributed by atoms with Crippen LogP contribution in [0.25, 0.3) is 5.76 Å². The monoisotopic (exact) mass is 479 g/mol. The molecule has 1 saturated heterocycles. The molecule has 34 heavy (non-hydrogen) atoms. The predicted molar refractivity (Wildman–Crippen MR) is 125 cm³/mol. The Bertz CT molecular complexity index is 1330. The summed E-state index contributed by atoms with van der Waals surface area (Å²) in [7, 11) is 2.78. The molecule has 1 atom stereocenters. The van der Waals surface area contributed by atoms with Crippen molar-refractivity contribution in [2.75, 3.05) is 19.1 Å². The maximum Gasteiger partial charge on any atom is 0.350 e. The highest BCUT2D eigenvalue weighted by molar-refractivity contribution is 7.17. The van der Waals surface area contributed by atoms with Gasteiger partial charge < -0.3 is 14.6 Å². The van der Waals surface area contributed by atoms with Crippen LogP contribution in [0.15, 0.2) is 48.3 Å². The van der Waals surface area contributed by atoms with Gasteiger partial charge in [-0.1, -0.05) is 17.4 Å². The van der Waals surface area contributed by atoms with Gasteiger partial charge in [0.25, 0.3) is 5.78 Å². The lowest BCUT2D eigenvalue weighted by Gasteiger charge is -2.22. The average molecular weight is 480 g/mol. The van der Waals surface area contributed by atoms with Crippen LogP contribution >= 0.6 is 11.3 Å². The second kappa shape index (κ2) is 9.06. The molecule has 4 rings (SSSR count). The summed E-state index contributed by atoms with van der Waals surface area (Å²) < 4.78 is 10.0. The first-order valence-electron chi connectivity index (χ1n) is 10.2. The van der Waals surface area contributed by atoms with Crippen LogP contribution in [0.3, 0.4) is 0 Å². The third kappa shape index (κ3) is 3.81. The van der Waals surface area contributed by atoms with E-state index in [4.69, 9.17) is 9.47 Å². The van der Waals surface area contributed by atoms with Crippen LogP contribution in [-0.4, -0.2) is 47.0 Å². The first-order chi connectivity index (χ1) is 16.3. The van der Waals surface area contributed by atoms with Crippen LogP contribution in [0.1, 0.15) is 38.1 Å². The Balaban J connectivity index is 1.93. The van der Waals surface area contributed by atoms with Gasteiger partial charge in [0.15, 0.2) is 5.13 Å². The Morgan fingerprint density at radius 3 is 2.56 bits per heavy atom. The molecule has 0 aliphatic carbocycles. The van der Waals surface area contributed by atoms with Gasteiger partial charge in [0.1, 0.15) is 16.4 Å². The minimum atomic E-state index is -0.994. The number of benzene rings is 1. The van der Waals surface area contributed by atoms with Crippen molar-refractivity contribution < 1.29 is 29.0 Å². The van der Waals surface area contributed by atoms with Crippen LogP contribution in [0.4, 0.5) is 5.13 Å². The molecular weight excluding hydrogens is 458 g/mol. The normalized spacial score (nSPS) is 17.2. The Kier molecular flexibility index (Phi) is 6.16. The number of ether oxygens (including phenoxy) is 2. The number of carbonyl (C=O) groups excluding carboxylic acids is 3. The fourth-order valence-corrected chi connectivity index (χ4v) is 4.84. The molecule has 1 aliphatic heterocycles. The van der Waals surface area contributed by atoms with E-state index in [9.17, 15) is 19.5 Å². The number of amides is 1. The number of pyridine rings is 1. The Labute approximate surface area is 199 Å². The number of aliphatic hydroxyl groups is 1. The Morgan fingerprint density at radius 1 is 1.18 bits per heavy atom. The summed E-state index contributed by atoms with van der Waals surface area (Å²) in [6, 6.07) is 7.38. The first-order valence-corrected chi connectivity index (χ1v) is 11.0. The predicted octanol–water partition coefficient (Wildman–Crippen LogP) is 3.58. The van der Waals surface area contributed by atoms with Crippen molar-refractivity contribution in [3.8, 4) is 5.75 Å². The highest BCUT2D eigenvalue weighted by Crippen LogP contribution is 2.44. The molecule has 10 heteroatoms. The number of carbonyl (C=O) groups is 3. The summed E-state index contributed by atoms with van der Waals surface area (Å²) in [5, 5.41) is 11.4. The van der Waals surface area contributed by atoms with Gasteiger partial charge in [-0.25, -0.2) is 9.78 Å². The standard InChI is InChI=1S/C24H21N3O6S/c1-12-10-15(32-3)7-8-16(12)19(28)17-18(14-6-5-9-25-11-14)27(22(30)20(17)29)24-26-13(2)21(34-24)23(31)33-4/h5-11,18,28H,1-4H3/t18-/m1/s1. The van der Waals surface area contributed by atoms with Gasteiger partial charge >= 0.3 is 11.9 Å². The van der Waals surface area contributed by atoms with Crippen molar-refractivity contribution in [1.29, 1.82) is 0 Å². The van der Waals surface area contributed by atoms with E-state index < -0.39 is 23.7 Å². The van der Waals surface area contributed by atoms with Crippen LogP contribution in [0.5, 0.6) is 5.75 Å². The van der Waals surface area contributed by atoms with Crippen molar-refractivity contribution in [2.45, 2.75) is 19.9 Å². The summed E-state index contributed by atoms with van der Waals surface area (Å²) >= 11 is 0.937. The van der Waals surface area contributed by atoms with Crippen molar-refractivity contribution in [2.24, 2.45) is 0 Å². The zero-order chi connectivity index (χ0) is 24.6. The number of rotatable bonds is 5. The Hall–Kier alpha value is -4.05. The number of hydrogen-bond donors (Lipinski definition) is 1. The quantitative estimate of drug-likeness (QED) is 0.255. The van der Waals surface area contributed by atoms with Gasteiger partial charge in [-0.3, -0.25) is 19.5 Å². The number of esters is 1. The van der Waals surface area contributed by atoms with E-state index in [0.717, 1.165) is 11.3 Å². The number of aryl methyl sites for hydroxylation is 2. The van der Waals surface area contributed by atoms with E-state index in [2.05, 4.69) is 9.97 Å². The van der Waals surface area contributed by atoms with Gasteiger partial charge in [0, 0.05) is 18.0 Å². The zero-order valence-electron chi connectivity index (χ0n) is 18.9.